The minimum absolute atomic E-state index is 0.00220. The topological polar surface area (TPSA) is 634 Å². The van der Waals surface area contributed by atoms with E-state index in [2.05, 4.69) is 21.3 Å². The van der Waals surface area contributed by atoms with Gasteiger partial charge in [-0.1, -0.05) is 20.3 Å². The zero-order valence-corrected chi connectivity index (χ0v) is 68.0. The highest BCUT2D eigenvalue weighted by Gasteiger charge is 2.32. The molecule has 0 aliphatic carbocycles. The third-order valence-electron chi connectivity index (χ3n) is 15.2. The molecular formula is C63H100N4O37S8. The Labute approximate surface area is 652 Å². The summed E-state index contributed by atoms with van der Waals surface area (Å²) in [5.41, 5.74) is -1.89. The lowest BCUT2D eigenvalue weighted by Gasteiger charge is -2.36. The highest BCUT2D eigenvalue weighted by atomic mass is 32.2. The minimum Gasteiger partial charge on any atom is -0.489 e. The lowest BCUT2D eigenvalue weighted by molar-refractivity contribution is -0.123. The molecule has 0 aliphatic rings. The largest absolute Gasteiger partial charge is 0.489 e. The Bertz CT molecular complexity index is 4130. The molecule has 0 aromatic heterocycles. The van der Waals surface area contributed by atoms with Crippen LogP contribution in [0.25, 0.3) is 0 Å². The maximum Gasteiger partial charge on any atom is 0.264 e. The molecule has 4 amide bonds. The van der Waals surface area contributed by atoms with Gasteiger partial charge in [0.2, 0.25) is 23.2 Å². The molecule has 0 radical (unpaired) electrons. The summed E-state index contributed by atoms with van der Waals surface area (Å²) in [6.07, 6.45) is -0.802. The fraction of sp³-hybridized carbons (Fsp3) is 0.651. The Morgan fingerprint density at radius 2 is 0.500 bits per heavy atom. The Kier molecular flexibility index (Phi) is 42.3. The number of unbranched alkanes of at least 4 members (excludes halogenated alkanes) is 1. The third-order valence-corrected chi connectivity index (χ3v) is 21.7. The third kappa shape index (κ3) is 45.2. The van der Waals surface area contributed by atoms with E-state index in [4.69, 9.17) is 42.6 Å². The normalized spacial score (nSPS) is 12.5. The van der Waals surface area contributed by atoms with Crippen molar-refractivity contribution in [2.24, 2.45) is 0 Å². The zero-order chi connectivity index (χ0) is 84.0. The first-order valence-corrected chi connectivity index (χ1v) is 47.9. The molecule has 642 valence electrons. The van der Waals surface area contributed by atoms with Crippen LogP contribution in [0.2, 0.25) is 0 Å². The molecule has 3 aromatic carbocycles. The molecule has 41 nitrogen and oxygen atoms in total. The van der Waals surface area contributed by atoms with Gasteiger partial charge in [-0.25, -0.2) is 0 Å². The summed E-state index contributed by atoms with van der Waals surface area (Å²) in [4.78, 5) is 56.9. The van der Waals surface area contributed by atoms with Gasteiger partial charge in [0.25, 0.3) is 98.7 Å². The monoisotopic (exact) mass is 1760 g/mol. The van der Waals surface area contributed by atoms with Crippen molar-refractivity contribution in [2.45, 2.75) is 135 Å². The quantitative estimate of drug-likeness (QED) is 0.0283. The molecule has 0 aliphatic heterocycles. The molecule has 0 saturated carbocycles. The van der Waals surface area contributed by atoms with Gasteiger partial charge in [0.1, 0.15) is 0 Å². The van der Waals surface area contributed by atoms with Gasteiger partial charge in [-0.15, -0.1) is 0 Å². The molecule has 0 heterocycles. The molecule has 3 aromatic rings. The smallest absolute Gasteiger partial charge is 0.264 e. The molecule has 0 atom stereocenters. The van der Waals surface area contributed by atoms with Gasteiger partial charge in [0.05, 0.1) is 105 Å². The predicted octanol–water partition coefficient (Wildman–Crippen LogP) is 3.70. The van der Waals surface area contributed by atoms with Crippen molar-refractivity contribution in [2.75, 3.05) is 125 Å². The molecule has 49 heteroatoms. The van der Waals surface area contributed by atoms with E-state index in [1.165, 1.54) is 12.1 Å². The lowest BCUT2D eigenvalue weighted by atomic mass is 9.83. The summed E-state index contributed by atoms with van der Waals surface area (Å²) in [5, 5.41) is 11.4. The number of nitrogens with one attached hydrogen (secondary N) is 4. The first kappa shape index (κ1) is 99.2. The summed E-state index contributed by atoms with van der Waals surface area (Å²) < 4.78 is 312. The van der Waals surface area contributed by atoms with Crippen molar-refractivity contribution in [1.82, 2.24) is 21.3 Å². The predicted molar refractivity (Wildman–Crippen MR) is 402 cm³/mol. The van der Waals surface area contributed by atoms with Gasteiger partial charge >= 0.3 is 0 Å². The molecule has 0 saturated heterocycles. The Balaban J connectivity index is 2.20. The summed E-state index contributed by atoms with van der Waals surface area (Å²) in [7, 11) is -35.9. The summed E-state index contributed by atoms with van der Waals surface area (Å²) in [5.74, 6) is -11.2. The van der Waals surface area contributed by atoms with E-state index < -0.39 is 196 Å². The molecule has 0 fully saturated rings. The van der Waals surface area contributed by atoms with Crippen molar-refractivity contribution in [3.8, 4) is 51.7 Å². The standard InChI is InChI=1S/C63H100N4O37S8/c1-3-5-17-56(68)67-63(18-6-21-64-60(69)47-41-50(96-25-9-33-105(72,73)74)57(102-24-4-2)51(42-47)97-26-10-34-106(75,76)77,19-7-22-65-61(70)48-43-52(98-27-11-35-107(78,79)80)58(103-31-15-39-111(90,91)92)53(44-48)99-28-12-36-108(81,82)83)20-8-23-66-62(71)49-45-54(100-29-13-37-109(84,85)86)59(104-32-16-40-112(93,94)95)55(46-49)101-30-14-38-110(87,88)89/h41-46H,3-40H2,1-2H3,(H,64,69)(H,65,70)(H,66,71)(H,67,68)(H,72,73,74)(H,75,76,77)(H,78,79,80)(H,81,82,83)(H,84,85,86)(H,87,88,89)(H,90,91,92)(H,93,94,95). The van der Waals surface area contributed by atoms with Crippen LogP contribution in [0, 0.1) is 0 Å². The lowest BCUT2D eigenvalue weighted by Crippen LogP contribution is -2.49. The van der Waals surface area contributed by atoms with Crippen molar-refractivity contribution >= 4 is 105 Å². The SMILES string of the molecule is CCCCC(=O)NC(CCCNC(=O)c1cc(OCCCS(=O)(=O)O)c(OCCC)c(OCCCS(=O)(=O)O)c1)(CCCNC(=O)c1cc(OCCCS(=O)(=O)O)c(OCCCS(=O)(=O)O)c(OCCCS(=O)(=O)O)c1)CCCNC(=O)c1cc(OCCCS(=O)(=O)O)c(OCCCS(=O)(=O)O)c(OCCCS(=O)(=O)O)c1. The van der Waals surface area contributed by atoms with Crippen LogP contribution in [0.1, 0.15) is 160 Å². The average Bonchev–Trinajstić information content (AvgIpc) is 0.825. The number of ether oxygens (including phenoxy) is 9. The van der Waals surface area contributed by atoms with E-state index in [0.29, 0.717) is 19.3 Å². The molecule has 0 unspecified atom stereocenters. The first-order chi connectivity index (χ1) is 52.1. The molecule has 112 heavy (non-hydrogen) atoms. The summed E-state index contributed by atoms with van der Waals surface area (Å²) >= 11 is 0. The molecule has 3 rings (SSSR count). The number of benzene rings is 3. The second kappa shape index (κ2) is 47.8. The minimum atomic E-state index is -4.51. The van der Waals surface area contributed by atoms with E-state index >= 15 is 0 Å². The Hall–Kier alpha value is -6.98. The van der Waals surface area contributed by atoms with Gasteiger partial charge in [-0.05, 0) is 139 Å². The van der Waals surface area contributed by atoms with Crippen molar-refractivity contribution in [3.63, 3.8) is 0 Å². The van der Waals surface area contributed by atoms with Crippen molar-refractivity contribution < 1.29 is 166 Å². The van der Waals surface area contributed by atoms with Gasteiger partial charge in [-0.3, -0.25) is 55.6 Å². The number of amides is 4. The molecular weight excluding hydrogens is 1660 g/mol. The van der Waals surface area contributed by atoms with Crippen LogP contribution in [0.5, 0.6) is 51.7 Å². The first-order valence-electron chi connectivity index (χ1n) is 35.0. The zero-order valence-electron chi connectivity index (χ0n) is 61.5. The number of hydrogen-bond acceptors (Lipinski definition) is 29. The van der Waals surface area contributed by atoms with Crippen molar-refractivity contribution in [3.05, 3.63) is 53.1 Å². The number of carbonyl (C=O) groups is 4. The molecule has 0 spiro atoms. The van der Waals surface area contributed by atoms with E-state index in [9.17, 15) is 123 Å². The highest BCUT2D eigenvalue weighted by Crippen LogP contribution is 2.43. The van der Waals surface area contributed by atoms with Crippen LogP contribution in [-0.2, 0) is 85.7 Å². The number of rotatable bonds is 62. The Morgan fingerprint density at radius 1 is 0.295 bits per heavy atom. The Morgan fingerprint density at radius 3 is 0.696 bits per heavy atom. The number of hydrogen-bond donors (Lipinski definition) is 12. The van der Waals surface area contributed by atoms with Gasteiger partial charge in [-0.2, -0.15) is 67.3 Å². The van der Waals surface area contributed by atoms with Crippen LogP contribution >= 0.6 is 0 Å². The van der Waals surface area contributed by atoms with Crippen LogP contribution in [0.3, 0.4) is 0 Å². The van der Waals surface area contributed by atoms with Gasteiger partial charge < -0.3 is 63.9 Å². The highest BCUT2D eigenvalue weighted by molar-refractivity contribution is 7.87. The number of carbonyl (C=O) groups excluding carboxylic acids is 4. The van der Waals surface area contributed by atoms with Crippen LogP contribution in [-0.4, -0.2) is 258 Å². The van der Waals surface area contributed by atoms with Crippen LogP contribution in [0.15, 0.2) is 36.4 Å². The van der Waals surface area contributed by atoms with Crippen LogP contribution < -0.4 is 63.9 Å². The van der Waals surface area contributed by atoms with E-state index in [0.717, 1.165) is 24.3 Å². The fourth-order valence-electron chi connectivity index (χ4n) is 10.2. The second-order valence-electron chi connectivity index (χ2n) is 25.2. The molecule has 12 N–H and O–H groups in total. The van der Waals surface area contributed by atoms with E-state index in [1.54, 1.807) is 6.92 Å². The fourth-order valence-corrected chi connectivity index (χ4v) is 14.1. The van der Waals surface area contributed by atoms with Crippen LogP contribution in [0.4, 0.5) is 0 Å². The maximum absolute atomic E-state index is 14.3. The molecule has 0 bridgehead atoms. The van der Waals surface area contributed by atoms with Gasteiger partial charge in [0, 0.05) is 48.3 Å². The average molecular weight is 1760 g/mol. The van der Waals surface area contributed by atoms with E-state index in [-0.39, 0.29) is 204 Å². The second-order valence-corrected chi connectivity index (χ2v) is 37.7. The summed E-state index contributed by atoms with van der Waals surface area (Å²) in [6, 6.07) is 7.04. The maximum atomic E-state index is 14.3. The van der Waals surface area contributed by atoms with E-state index in [1.807, 2.05) is 6.92 Å². The van der Waals surface area contributed by atoms with Gasteiger partial charge in [0.15, 0.2) is 34.5 Å². The van der Waals surface area contributed by atoms with Crippen molar-refractivity contribution in [1.29, 1.82) is 0 Å². The summed E-state index contributed by atoms with van der Waals surface area (Å²) in [6.45, 7) is -0.262.